The first kappa shape index (κ1) is 16.6. The van der Waals surface area contributed by atoms with Gasteiger partial charge in [0, 0.05) is 29.3 Å². The molecular weight excluding hydrogens is 302 g/mol. The van der Waals surface area contributed by atoms with Crippen LogP contribution in [0.15, 0.2) is 24.3 Å². The number of piperazine rings is 1. The van der Waals surface area contributed by atoms with E-state index in [1.807, 2.05) is 32.9 Å². The molecule has 1 atom stereocenters. The lowest BCUT2D eigenvalue weighted by Gasteiger charge is -2.40. The number of anilines is 1. The van der Waals surface area contributed by atoms with Crippen LogP contribution in [0.25, 0.3) is 0 Å². The lowest BCUT2D eigenvalue weighted by molar-refractivity contribution is -0.124. The Balaban J connectivity index is 2.11. The second kappa shape index (κ2) is 6.16. The number of hydrogen-bond donors (Lipinski definition) is 1. The van der Waals surface area contributed by atoms with Crippen molar-refractivity contribution in [2.45, 2.75) is 39.3 Å². The van der Waals surface area contributed by atoms with Crippen LogP contribution in [0.5, 0.6) is 0 Å². The molecule has 5 nitrogen and oxygen atoms in total. The first-order valence-corrected chi connectivity index (χ1v) is 7.72. The Morgan fingerprint density at radius 2 is 1.82 bits per heavy atom. The summed E-state index contributed by atoms with van der Waals surface area (Å²) in [5.41, 5.74) is 0.477. The molecule has 1 N–H and O–H groups in total. The zero-order valence-electron chi connectivity index (χ0n) is 13.4. The number of nitrogens with one attached hydrogen (secondary N) is 1. The predicted octanol–water partition coefficient (Wildman–Crippen LogP) is 2.89. The number of nitrogens with zero attached hydrogens (tertiary/aromatic N) is 2. The number of rotatable bonds is 1. The van der Waals surface area contributed by atoms with Gasteiger partial charge in [0.2, 0.25) is 5.91 Å². The highest BCUT2D eigenvalue weighted by molar-refractivity contribution is 6.30. The fourth-order valence-corrected chi connectivity index (χ4v) is 2.54. The summed E-state index contributed by atoms with van der Waals surface area (Å²) in [5.74, 6) is -0.0855. The van der Waals surface area contributed by atoms with E-state index in [9.17, 15) is 9.59 Å². The van der Waals surface area contributed by atoms with Crippen molar-refractivity contribution in [3.05, 3.63) is 29.3 Å². The molecule has 22 heavy (non-hydrogen) atoms. The molecular formula is C16H22ClN3O2. The SMILES string of the molecule is C[C@H]1C(=O)N(c2ccc(Cl)cc2)CCN1C(=O)NC(C)(C)C. The van der Waals surface area contributed by atoms with E-state index in [4.69, 9.17) is 11.6 Å². The lowest BCUT2D eigenvalue weighted by atomic mass is 10.1. The second-order valence-corrected chi connectivity index (χ2v) is 6.95. The van der Waals surface area contributed by atoms with Gasteiger partial charge >= 0.3 is 6.03 Å². The molecule has 0 bridgehead atoms. The van der Waals surface area contributed by atoms with Crippen molar-refractivity contribution in [2.24, 2.45) is 0 Å². The third-order valence-corrected chi connectivity index (χ3v) is 3.79. The number of benzene rings is 1. The molecule has 1 aliphatic heterocycles. The maximum Gasteiger partial charge on any atom is 0.318 e. The van der Waals surface area contributed by atoms with Gasteiger partial charge in [-0.2, -0.15) is 0 Å². The van der Waals surface area contributed by atoms with E-state index in [1.54, 1.807) is 28.9 Å². The average molecular weight is 324 g/mol. The number of urea groups is 1. The molecule has 1 aliphatic rings. The van der Waals surface area contributed by atoms with E-state index in [0.717, 1.165) is 5.69 Å². The molecule has 6 heteroatoms. The van der Waals surface area contributed by atoms with Gasteiger partial charge in [0.1, 0.15) is 6.04 Å². The van der Waals surface area contributed by atoms with E-state index in [-0.39, 0.29) is 17.5 Å². The largest absolute Gasteiger partial charge is 0.333 e. The van der Waals surface area contributed by atoms with Gasteiger partial charge in [0.25, 0.3) is 0 Å². The van der Waals surface area contributed by atoms with Crippen LogP contribution in [0.2, 0.25) is 5.02 Å². The minimum Gasteiger partial charge on any atom is -0.333 e. The fourth-order valence-electron chi connectivity index (χ4n) is 2.42. The first-order chi connectivity index (χ1) is 10.2. The van der Waals surface area contributed by atoms with E-state index in [1.165, 1.54) is 0 Å². The summed E-state index contributed by atoms with van der Waals surface area (Å²) in [5, 5.41) is 3.53. The van der Waals surface area contributed by atoms with E-state index in [2.05, 4.69) is 5.32 Å². The molecule has 2 rings (SSSR count). The topological polar surface area (TPSA) is 52.7 Å². The summed E-state index contributed by atoms with van der Waals surface area (Å²) >= 11 is 5.88. The Bertz CT molecular complexity index is 566. The zero-order valence-corrected chi connectivity index (χ0v) is 14.1. The van der Waals surface area contributed by atoms with Crippen LogP contribution in [0, 0.1) is 0 Å². The zero-order chi connectivity index (χ0) is 16.5. The number of halogens is 1. The van der Waals surface area contributed by atoms with Crippen molar-refractivity contribution in [2.75, 3.05) is 18.0 Å². The molecule has 1 fully saturated rings. The molecule has 0 spiro atoms. The van der Waals surface area contributed by atoms with Crippen LogP contribution in [0.1, 0.15) is 27.7 Å². The Morgan fingerprint density at radius 1 is 1.23 bits per heavy atom. The monoisotopic (exact) mass is 323 g/mol. The van der Waals surface area contributed by atoms with Crippen LogP contribution in [0.3, 0.4) is 0 Å². The van der Waals surface area contributed by atoms with Crippen molar-refractivity contribution in [3.8, 4) is 0 Å². The minimum atomic E-state index is -0.494. The highest BCUT2D eigenvalue weighted by atomic mass is 35.5. The third kappa shape index (κ3) is 3.71. The molecule has 0 radical (unpaired) electrons. The Hall–Kier alpha value is -1.75. The van der Waals surface area contributed by atoms with Gasteiger partial charge in [-0.15, -0.1) is 0 Å². The van der Waals surface area contributed by atoms with Gasteiger partial charge < -0.3 is 15.1 Å². The van der Waals surface area contributed by atoms with E-state index in [0.29, 0.717) is 18.1 Å². The summed E-state index contributed by atoms with van der Waals surface area (Å²) < 4.78 is 0. The standard InChI is InChI=1S/C16H22ClN3O2/c1-11-14(21)20(13-7-5-12(17)6-8-13)10-9-19(11)15(22)18-16(2,3)4/h5-8,11H,9-10H2,1-4H3,(H,18,22)/t11-/m0/s1. The smallest absolute Gasteiger partial charge is 0.318 e. The molecule has 1 saturated heterocycles. The Kier molecular flexibility index (Phi) is 4.66. The van der Waals surface area contributed by atoms with Crippen molar-refractivity contribution < 1.29 is 9.59 Å². The molecule has 3 amide bonds. The maximum atomic E-state index is 12.6. The number of carbonyl (C=O) groups excluding carboxylic acids is 2. The fraction of sp³-hybridized carbons (Fsp3) is 0.500. The lowest BCUT2D eigenvalue weighted by Crippen LogP contribution is -2.61. The summed E-state index contributed by atoms with van der Waals surface area (Å²) in [4.78, 5) is 28.1. The molecule has 0 aromatic heterocycles. The normalized spacial score (nSPS) is 19.3. The van der Waals surface area contributed by atoms with Gasteiger partial charge in [0.15, 0.2) is 0 Å². The second-order valence-electron chi connectivity index (χ2n) is 6.52. The van der Waals surface area contributed by atoms with Crippen molar-refractivity contribution in [1.29, 1.82) is 0 Å². The quantitative estimate of drug-likeness (QED) is 0.864. The van der Waals surface area contributed by atoms with Gasteiger partial charge in [-0.1, -0.05) is 11.6 Å². The van der Waals surface area contributed by atoms with E-state index >= 15 is 0 Å². The van der Waals surface area contributed by atoms with Gasteiger partial charge in [-0.25, -0.2) is 4.79 Å². The van der Waals surface area contributed by atoms with Crippen LogP contribution in [-0.4, -0.2) is 41.5 Å². The summed E-state index contributed by atoms with van der Waals surface area (Å²) in [6, 6.07) is 6.45. The predicted molar refractivity (Wildman–Crippen MR) is 88.3 cm³/mol. The summed E-state index contributed by atoms with van der Waals surface area (Å²) in [7, 11) is 0. The molecule has 1 aromatic carbocycles. The Morgan fingerprint density at radius 3 is 2.36 bits per heavy atom. The highest BCUT2D eigenvalue weighted by Crippen LogP contribution is 2.22. The van der Waals surface area contributed by atoms with Crippen LogP contribution in [-0.2, 0) is 4.79 Å². The van der Waals surface area contributed by atoms with Crippen molar-refractivity contribution in [1.82, 2.24) is 10.2 Å². The maximum absolute atomic E-state index is 12.6. The van der Waals surface area contributed by atoms with Gasteiger partial charge in [-0.3, -0.25) is 4.79 Å². The highest BCUT2D eigenvalue weighted by Gasteiger charge is 2.35. The number of hydrogen-bond acceptors (Lipinski definition) is 2. The minimum absolute atomic E-state index is 0.0855. The molecule has 0 unspecified atom stereocenters. The third-order valence-electron chi connectivity index (χ3n) is 3.54. The number of carbonyl (C=O) groups is 2. The molecule has 120 valence electrons. The summed E-state index contributed by atoms with van der Waals surface area (Å²) in [6.07, 6.45) is 0. The van der Waals surface area contributed by atoms with Crippen LogP contribution >= 0.6 is 11.6 Å². The molecule has 0 aliphatic carbocycles. The molecule has 1 aromatic rings. The van der Waals surface area contributed by atoms with Crippen LogP contribution < -0.4 is 10.2 Å². The molecule has 0 saturated carbocycles. The van der Waals surface area contributed by atoms with Crippen molar-refractivity contribution in [3.63, 3.8) is 0 Å². The van der Waals surface area contributed by atoms with Gasteiger partial charge in [-0.05, 0) is 52.0 Å². The van der Waals surface area contributed by atoms with Crippen molar-refractivity contribution >= 4 is 29.2 Å². The summed E-state index contributed by atoms with van der Waals surface area (Å²) in [6.45, 7) is 8.48. The molecule has 1 heterocycles. The Labute approximate surface area is 136 Å². The van der Waals surface area contributed by atoms with Gasteiger partial charge in [0.05, 0.1) is 0 Å². The van der Waals surface area contributed by atoms with E-state index < -0.39 is 6.04 Å². The average Bonchev–Trinajstić information content (AvgIpc) is 2.41. The number of amides is 3. The first-order valence-electron chi connectivity index (χ1n) is 7.35. The van der Waals surface area contributed by atoms with Crippen LogP contribution in [0.4, 0.5) is 10.5 Å².